The van der Waals surface area contributed by atoms with Crippen molar-refractivity contribution in [2.75, 3.05) is 25.7 Å². The molecule has 0 radical (unpaired) electrons. The molecule has 0 amide bonds. The third kappa shape index (κ3) is 5.85. The number of hydrogen-bond donors (Lipinski definition) is 1. The second kappa shape index (κ2) is 11.8. The van der Waals surface area contributed by atoms with Crippen LogP contribution in [0.15, 0.2) is 73.4 Å². The number of aromatic nitrogens is 7. The summed E-state index contributed by atoms with van der Waals surface area (Å²) in [5.74, 6) is 1.51. The lowest BCUT2D eigenvalue weighted by atomic mass is 10.2. The molecule has 1 N–H and O–H groups in total. The van der Waals surface area contributed by atoms with Gasteiger partial charge in [-0.15, -0.1) is 0 Å². The summed E-state index contributed by atoms with van der Waals surface area (Å²) >= 11 is 0. The van der Waals surface area contributed by atoms with Crippen molar-refractivity contribution in [3.8, 4) is 22.8 Å². The first-order chi connectivity index (χ1) is 19.5. The Labute approximate surface area is 232 Å². The summed E-state index contributed by atoms with van der Waals surface area (Å²) in [6.07, 6.45) is 10.1. The van der Waals surface area contributed by atoms with Crippen LogP contribution in [0.1, 0.15) is 19.0 Å². The molecule has 4 heterocycles. The van der Waals surface area contributed by atoms with E-state index in [1.165, 1.54) is 0 Å². The molecular formula is C30H32N8O2. The first-order valence-corrected chi connectivity index (χ1v) is 13.0. The van der Waals surface area contributed by atoms with Crippen LogP contribution in [-0.2, 0) is 7.05 Å². The van der Waals surface area contributed by atoms with Gasteiger partial charge in [-0.1, -0.05) is 6.92 Å². The van der Waals surface area contributed by atoms with Crippen molar-refractivity contribution >= 4 is 33.6 Å². The molecule has 0 aliphatic rings. The molecule has 0 atom stereocenters. The van der Waals surface area contributed by atoms with Gasteiger partial charge in [0.05, 0.1) is 55.2 Å². The number of anilines is 2. The van der Waals surface area contributed by atoms with E-state index in [4.69, 9.17) is 14.5 Å². The number of nitrogens with one attached hydrogen (secondary N) is 1. The van der Waals surface area contributed by atoms with Gasteiger partial charge in [-0.05, 0) is 37.6 Å². The van der Waals surface area contributed by atoms with Gasteiger partial charge in [-0.25, -0.2) is 15.0 Å². The third-order valence-corrected chi connectivity index (χ3v) is 6.31. The maximum atomic E-state index is 5.46. The first-order valence-electron chi connectivity index (χ1n) is 13.0. The maximum Gasteiger partial charge on any atom is 0.155 e. The second-order valence-electron chi connectivity index (χ2n) is 9.28. The van der Waals surface area contributed by atoms with E-state index >= 15 is 0 Å². The molecule has 4 aromatic heterocycles. The number of H-pyrrole nitrogens is 1. The standard InChI is InChI=1S/C23H25N5O2.C7H7N3/c1-5-8-28(18-9-19(29-3)12-20(10-18)30-4)17-6-7-21-22(11-17)26-23(14-24-21)16-13-25-27(2)15-16;1-5-4-9-7-6(10-5)2-3-8-7/h6-7,9-15H,5,8H2,1-4H3;2-4H,1H3,(H,8,9). The van der Waals surface area contributed by atoms with Crippen LogP contribution in [0.3, 0.4) is 0 Å². The molecule has 0 aliphatic carbocycles. The monoisotopic (exact) mass is 536 g/mol. The molecule has 0 saturated carbocycles. The van der Waals surface area contributed by atoms with E-state index in [2.05, 4.69) is 49.0 Å². The SMILES string of the molecule is CCCN(c1cc(OC)cc(OC)c1)c1ccc2ncc(-c3cnn(C)c3)nc2c1.Cc1cnc2[nH]ccc2n1. The predicted molar refractivity (Wildman–Crippen MR) is 157 cm³/mol. The minimum absolute atomic E-state index is 0.755. The van der Waals surface area contributed by atoms with Crippen LogP contribution >= 0.6 is 0 Å². The van der Waals surface area contributed by atoms with Crippen LogP contribution in [0.2, 0.25) is 0 Å². The van der Waals surface area contributed by atoms with E-state index in [0.29, 0.717) is 0 Å². The lowest BCUT2D eigenvalue weighted by Gasteiger charge is -2.25. The number of methoxy groups -OCH3 is 2. The average Bonchev–Trinajstić information content (AvgIpc) is 3.64. The van der Waals surface area contributed by atoms with Gasteiger partial charge in [0, 0.05) is 61.1 Å². The molecule has 10 heteroatoms. The smallest absolute Gasteiger partial charge is 0.155 e. The molecule has 0 saturated heterocycles. The Hall–Kier alpha value is -4.99. The number of ether oxygens (including phenoxy) is 2. The summed E-state index contributed by atoms with van der Waals surface area (Å²) in [4.78, 5) is 23.0. The fourth-order valence-electron chi connectivity index (χ4n) is 4.36. The highest BCUT2D eigenvalue weighted by molar-refractivity contribution is 5.82. The summed E-state index contributed by atoms with van der Waals surface area (Å²) in [7, 11) is 5.21. The van der Waals surface area contributed by atoms with Crippen molar-refractivity contribution in [1.82, 2.24) is 34.7 Å². The van der Waals surface area contributed by atoms with E-state index in [1.54, 1.807) is 37.5 Å². The van der Waals surface area contributed by atoms with E-state index in [9.17, 15) is 0 Å². The highest BCUT2D eigenvalue weighted by Gasteiger charge is 2.14. The number of rotatable bonds is 7. The normalized spacial score (nSPS) is 10.8. The summed E-state index contributed by atoms with van der Waals surface area (Å²) in [5.41, 5.74) is 8.22. The van der Waals surface area contributed by atoms with Crippen LogP contribution in [-0.4, -0.2) is 55.5 Å². The zero-order valence-corrected chi connectivity index (χ0v) is 23.3. The summed E-state index contributed by atoms with van der Waals surface area (Å²) < 4.78 is 12.7. The second-order valence-corrected chi connectivity index (χ2v) is 9.28. The molecule has 40 heavy (non-hydrogen) atoms. The fourth-order valence-corrected chi connectivity index (χ4v) is 4.36. The third-order valence-electron chi connectivity index (χ3n) is 6.31. The first kappa shape index (κ1) is 26.6. The van der Waals surface area contributed by atoms with Gasteiger partial charge in [-0.3, -0.25) is 9.67 Å². The molecule has 204 valence electrons. The van der Waals surface area contributed by atoms with Gasteiger partial charge in [0.15, 0.2) is 5.65 Å². The van der Waals surface area contributed by atoms with Crippen molar-refractivity contribution in [1.29, 1.82) is 0 Å². The number of aromatic amines is 1. The van der Waals surface area contributed by atoms with Crippen LogP contribution in [0, 0.1) is 6.92 Å². The minimum atomic E-state index is 0.755. The number of hydrogen-bond acceptors (Lipinski definition) is 8. The van der Waals surface area contributed by atoms with Crippen molar-refractivity contribution in [2.24, 2.45) is 7.05 Å². The maximum absolute atomic E-state index is 5.46. The average molecular weight is 537 g/mol. The molecule has 6 rings (SSSR count). The highest BCUT2D eigenvalue weighted by Crippen LogP contribution is 2.34. The van der Waals surface area contributed by atoms with Crippen LogP contribution in [0.4, 0.5) is 11.4 Å². The predicted octanol–water partition coefficient (Wildman–Crippen LogP) is 5.86. The van der Waals surface area contributed by atoms with Crippen molar-refractivity contribution < 1.29 is 9.47 Å². The van der Waals surface area contributed by atoms with Crippen LogP contribution in [0.5, 0.6) is 11.5 Å². The van der Waals surface area contributed by atoms with Crippen molar-refractivity contribution in [3.05, 3.63) is 79.1 Å². The van der Waals surface area contributed by atoms with E-state index < -0.39 is 0 Å². The van der Waals surface area contributed by atoms with Gasteiger partial charge in [0.25, 0.3) is 0 Å². The fraction of sp³-hybridized carbons (Fsp3) is 0.233. The van der Waals surface area contributed by atoms with Crippen LogP contribution < -0.4 is 14.4 Å². The summed E-state index contributed by atoms with van der Waals surface area (Å²) in [5, 5.41) is 4.23. The lowest BCUT2D eigenvalue weighted by molar-refractivity contribution is 0.394. The Kier molecular flexibility index (Phi) is 7.86. The largest absolute Gasteiger partial charge is 0.497 e. The van der Waals surface area contributed by atoms with Crippen LogP contribution in [0.25, 0.3) is 33.5 Å². The number of nitrogens with zero attached hydrogens (tertiary/aromatic N) is 7. The van der Waals surface area contributed by atoms with Gasteiger partial charge in [-0.2, -0.15) is 5.10 Å². The molecule has 0 spiro atoms. The Morgan fingerprint density at radius 3 is 2.35 bits per heavy atom. The summed E-state index contributed by atoms with van der Waals surface area (Å²) in [6, 6.07) is 14.0. The Bertz CT molecular complexity index is 1720. The van der Waals surface area contributed by atoms with Gasteiger partial charge in [0.2, 0.25) is 0 Å². The molecule has 0 bridgehead atoms. The molecule has 0 fully saturated rings. The number of benzene rings is 2. The topological polar surface area (TPSA) is 107 Å². The van der Waals surface area contributed by atoms with Gasteiger partial charge in [0.1, 0.15) is 17.0 Å². The molecule has 10 nitrogen and oxygen atoms in total. The summed E-state index contributed by atoms with van der Waals surface area (Å²) in [6.45, 7) is 4.93. The Balaban J connectivity index is 0.000000269. The number of fused-ring (bicyclic) bond motifs is 2. The molecule has 2 aromatic carbocycles. The zero-order chi connectivity index (χ0) is 28.1. The highest BCUT2D eigenvalue weighted by atomic mass is 16.5. The van der Waals surface area contributed by atoms with Gasteiger partial charge < -0.3 is 19.4 Å². The van der Waals surface area contributed by atoms with Gasteiger partial charge >= 0.3 is 0 Å². The molecule has 6 aromatic rings. The van der Waals surface area contributed by atoms with E-state index in [-0.39, 0.29) is 0 Å². The Morgan fingerprint density at radius 1 is 0.850 bits per heavy atom. The van der Waals surface area contributed by atoms with E-state index in [1.807, 2.05) is 56.7 Å². The Morgan fingerprint density at radius 2 is 1.65 bits per heavy atom. The number of aryl methyl sites for hydroxylation is 2. The van der Waals surface area contributed by atoms with E-state index in [0.717, 1.165) is 75.0 Å². The lowest BCUT2D eigenvalue weighted by Crippen LogP contribution is -2.18. The molecular weight excluding hydrogens is 504 g/mol. The quantitative estimate of drug-likeness (QED) is 0.270. The van der Waals surface area contributed by atoms with Crippen molar-refractivity contribution in [2.45, 2.75) is 20.3 Å². The molecule has 0 aliphatic heterocycles. The molecule has 0 unspecified atom stereocenters. The van der Waals surface area contributed by atoms with Crippen molar-refractivity contribution in [3.63, 3.8) is 0 Å². The zero-order valence-electron chi connectivity index (χ0n) is 23.3. The minimum Gasteiger partial charge on any atom is -0.497 e.